The zero-order chi connectivity index (χ0) is 13.7. The smallest absolute Gasteiger partial charge is 0.184 e. The topological polar surface area (TPSA) is 59.8 Å². The third-order valence-corrected chi connectivity index (χ3v) is 3.95. The van der Waals surface area contributed by atoms with Crippen LogP contribution in [0, 0.1) is 5.92 Å². The van der Waals surface area contributed by atoms with Crippen molar-refractivity contribution in [3.05, 3.63) is 11.9 Å². The molecule has 0 amide bonds. The van der Waals surface area contributed by atoms with Crippen LogP contribution < -0.4 is 5.32 Å². The number of aromatic nitrogens is 3. The van der Waals surface area contributed by atoms with E-state index in [0.29, 0.717) is 24.1 Å². The van der Waals surface area contributed by atoms with Gasteiger partial charge in [0.05, 0.1) is 12.2 Å². The van der Waals surface area contributed by atoms with Gasteiger partial charge in [-0.2, -0.15) is 0 Å². The molecule has 19 heavy (non-hydrogen) atoms. The molecule has 1 saturated heterocycles. The molecule has 0 radical (unpaired) electrons. The molecule has 106 valence electrons. The van der Waals surface area contributed by atoms with Gasteiger partial charge in [0, 0.05) is 19.5 Å². The highest BCUT2D eigenvalue weighted by atomic mass is 16.1. The van der Waals surface area contributed by atoms with Gasteiger partial charge in [-0.25, -0.2) is 4.68 Å². The molecular weight excluding hydrogens is 240 g/mol. The number of rotatable bonds is 8. The summed E-state index contributed by atoms with van der Waals surface area (Å²) in [7, 11) is 0. The molecule has 1 aliphatic heterocycles. The van der Waals surface area contributed by atoms with Gasteiger partial charge in [-0.1, -0.05) is 44.7 Å². The van der Waals surface area contributed by atoms with E-state index in [1.807, 2.05) is 4.68 Å². The average molecular weight is 264 g/mol. The van der Waals surface area contributed by atoms with Crippen molar-refractivity contribution in [3.8, 4) is 0 Å². The average Bonchev–Trinajstić information content (AvgIpc) is 2.81. The second kappa shape index (κ2) is 6.80. The van der Waals surface area contributed by atoms with Crippen LogP contribution in [0.3, 0.4) is 0 Å². The zero-order valence-corrected chi connectivity index (χ0v) is 11.9. The largest absolute Gasteiger partial charge is 0.312 e. The van der Waals surface area contributed by atoms with E-state index in [0.717, 1.165) is 25.9 Å². The van der Waals surface area contributed by atoms with E-state index < -0.39 is 0 Å². The van der Waals surface area contributed by atoms with E-state index in [2.05, 4.69) is 29.5 Å². The summed E-state index contributed by atoms with van der Waals surface area (Å²) < 4.78 is 1.82. The van der Waals surface area contributed by atoms with Crippen LogP contribution in [0.4, 0.5) is 0 Å². The summed E-state index contributed by atoms with van der Waals surface area (Å²) in [6, 6.07) is 0.371. The fourth-order valence-corrected chi connectivity index (χ4v) is 2.35. The van der Waals surface area contributed by atoms with Crippen molar-refractivity contribution in [2.75, 3.05) is 13.1 Å². The molecule has 0 spiro atoms. The van der Waals surface area contributed by atoms with Crippen LogP contribution in [0.25, 0.3) is 0 Å². The molecule has 1 aromatic rings. The second-order valence-electron chi connectivity index (χ2n) is 5.44. The molecule has 1 aromatic heterocycles. The minimum Gasteiger partial charge on any atom is -0.312 e. The molecule has 1 atom stereocenters. The Bertz CT molecular complexity index is 411. The number of unbranched alkanes of at least 4 members (excludes halogenated alkanes) is 1. The molecule has 1 unspecified atom stereocenters. The summed E-state index contributed by atoms with van der Waals surface area (Å²) in [5, 5.41) is 11.3. The molecule has 0 aromatic carbocycles. The van der Waals surface area contributed by atoms with E-state index in [1.165, 1.54) is 12.8 Å². The van der Waals surface area contributed by atoms with E-state index in [9.17, 15) is 4.79 Å². The molecule has 0 bridgehead atoms. The fourth-order valence-electron chi connectivity index (χ4n) is 2.35. The first-order valence-corrected chi connectivity index (χ1v) is 7.40. The minimum absolute atomic E-state index is 0.140. The quantitative estimate of drug-likeness (QED) is 0.731. The number of nitrogens with one attached hydrogen (secondary N) is 1. The van der Waals surface area contributed by atoms with Gasteiger partial charge in [0.25, 0.3) is 0 Å². The van der Waals surface area contributed by atoms with Crippen molar-refractivity contribution in [1.29, 1.82) is 0 Å². The van der Waals surface area contributed by atoms with Gasteiger partial charge in [0.2, 0.25) is 0 Å². The van der Waals surface area contributed by atoms with Crippen LogP contribution in [0.15, 0.2) is 6.20 Å². The first kappa shape index (κ1) is 14.2. The third-order valence-electron chi connectivity index (χ3n) is 3.95. The Balaban J connectivity index is 1.89. The molecule has 5 heteroatoms. The molecule has 2 rings (SSSR count). The molecule has 0 saturated carbocycles. The normalized spacial score (nSPS) is 17.2. The number of carbonyl (C=O) groups excluding carboxylic acids is 1. The summed E-state index contributed by atoms with van der Waals surface area (Å²) in [5.74, 6) is 0.629. The number of nitrogens with zero attached hydrogens (tertiary/aromatic N) is 3. The zero-order valence-electron chi connectivity index (χ0n) is 11.9. The maximum Gasteiger partial charge on any atom is 0.184 e. The van der Waals surface area contributed by atoms with E-state index >= 15 is 0 Å². The van der Waals surface area contributed by atoms with Gasteiger partial charge in [0.1, 0.15) is 5.69 Å². The Morgan fingerprint density at radius 2 is 2.32 bits per heavy atom. The number of Topliss-reactive ketones (excluding diaryl/α,β-unsaturated/α-hetero) is 1. The van der Waals surface area contributed by atoms with Crippen LogP contribution >= 0.6 is 0 Å². The van der Waals surface area contributed by atoms with E-state index in [4.69, 9.17) is 0 Å². The highest BCUT2D eigenvalue weighted by Crippen LogP contribution is 2.19. The number of hydrogen-bond acceptors (Lipinski definition) is 4. The van der Waals surface area contributed by atoms with Gasteiger partial charge in [0.15, 0.2) is 5.78 Å². The van der Waals surface area contributed by atoms with Crippen molar-refractivity contribution in [2.24, 2.45) is 5.92 Å². The van der Waals surface area contributed by atoms with Gasteiger partial charge >= 0.3 is 0 Å². The van der Waals surface area contributed by atoms with Crippen LogP contribution in [-0.4, -0.2) is 33.9 Å². The maximum atomic E-state index is 12.2. The minimum atomic E-state index is 0.140. The van der Waals surface area contributed by atoms with Crippen molar-refractivity contribution < 1.29 is 4.79 Å². The van der Waals surface area contributed by atoms with Gasteiger partial charge in [-0.05, 0) is 5.92 Å². The van der Waals surface area contributed by atoms with E-state index in [1.54, 1.807) is 6.20 Å². The summed E-state index contributed by atoms with van der Waals surface area (Å²) in [6.45, 7) is 6.19. The first-order chi connectivity index (χ1) is 9.24. The molecule has 1 N–H and O–H groups in total. The third kappa shape index (κ3) is 3.62. The van der Waals surface area contributed by atoms with Crippen molar-refractivity contribution in [3.63, 3.8) is 0 Å². The molecule has 0 aliphatic carbocycles. The van der Waals surface area contributed by atoms with Crippen molar-refractivity contribution in [1.82, 2.24) is 20.3 Å². The maximum absolute atomic E-state index is 12.2. The monoisotopic (exact) mass is 264 g/mol. The number of carbonyl (C=O) groups is 1. The number of ketones is 1. The Morgan fingerprint density at radius 1 is 1.53 bits per heavy atom. The van der Waals surface area contributed by atoms with Gasteiger partial charge in [-0.15, -0.1) is 5.10 Å². The highest BCUT2D eigenvalue weighted by molar-refractivity contribution is 5.93. The van der Waals surface area contributed by atoms with Crippen molar-refractivity contribution >= 4 is 5.78 Å². The lowest BCUT2D eigenvalue weighted by molar-refractivity contribution is 0.0952. The second-order valence-corrected chi connectivity index (χ2v) is 5.44. The predicted octanol–water partition coefficient (Wildman–Crippen LogP) is 2.21. The van der Waals surface area contributed by atoms with Gasteiger partial charge in [-0.3, -0.25) is 4.79 Å². The summed E-state index contributed by atoms with van der Waals surface area (Å²) in [6.07, 6.45) is 7.01. The van der Waals surface area contributed by atoms with Crippen LogP contribution in [0.2, 0.25) is 0 Å². The number of hydrogen-bond donors (Lipinski definition) is 1. The Morgan fingerprint density at radius 3 is 2.89 bits per heavy atom. The molecule has 1 fully saturated rings. The van der Waals surface area contributed by atoms with Crippen molar-refractivity contribution in [2.45, 2.75) is 52.0 Å². The summed E-state index contributed by atoms with van der Waals surface area (Å²) in [5.41, 5.74) is 0.529. The molecule has 1 aliphatic rings. The summed E-state index contributed by atoms with van der Waals surface area (Å²) in [4.78, 5) is 12.2. The molecule has 5 nitrogen and oxygen atoms in total. The molecule has 2 heterocycles. The lowest BCUT2D eigenvalue weighted by atomic mass is 9.93. The standard InChI is InChI=1S/C14H24N4O/c1-3-5-6-11(4-2)7-14(19)13-10-18(17-16-13)12-8-15-9-12/h10-12,15H,3-9H2,1-2H3. The lowest BCUT2D eigenvalue weighted by Crippen LogP contribution is -2.43. The van der Waals surface area contributed by atoms with Crippen LogP contribution in [0.5, 0.6) is 0 Å². The Kier molecular flexibility index (Phi) is 5.07. The Labute approximate surface area is 114 Å². The SMILES string of the molecule is CCCCC(CC)CC(=O)c1cn(C2CNC2)nn1. The lowest BCUT2D eigenvalue weighted by Gasteiger charge is -2.26. The Hall–Kier alpha value is -1.23. The van der Waals surface area contributed by atoms with Gasteiger partial charge < -0.3 is 5.32 Å². The predicted molar refractivity (Wildman–Crippen MR) is 74.2 cm³/mol. The summed E-state index contributed by atoms with van der Waals surface area (Å²) >= 11 is 0. The van der Waals surface area contributed by atoms with E-state index in [-0.39, 0.29) is 5.78 Å². The highest BCUT2D eigenvalue weighted by Gasteiger charge is 2.22. The van der Waals surface area contributed by atoms with Crippen LogP contribution in [0.1, 0.15) is 62.5 Å². The van der Waals surface area contributed by atoms with Crippen LogP contribution in [-0.2, 0) is 0 Å². The first-order valence-electron chi connectivity index (χ1n) is 7.40. The fraction of sp³-hybridized carbons (Fsp3) is 0.786. The molecular formula is C14H24N4O.